The lowest BCUT2D eigenvalue weighted by Gasteiger charge is -2.12. The molecule has 114 heavy (non-hydrogen) atoms. The number of aromatic nitrogens is 8. The fourth-order valence-corrected chi connectivity index (χ4v) is 13.4. The Kier molecular flexibility index (Phi) is 24.7. The number of phenols is 1. The van der Waals surface area contributed by atoms with Crippen LogP contribution in [0, 0.1) is 62.3 Å². The van der Waals surface area contributed by atoms with Crippen LogP contribution in [0.25, 0.3) is 73.5 Å². The molecule has 0 radical (unpaired) electrons. The molecule has 4 aromatic heterocycles. The predicted molar refractivity (Wildman–Crippen MR) is 470 cm³/mol. The molecule has 17 nitrogen and oxygen atoms in total. The summed E-state index contributed by atoms with van der Waals surface area (Å²) in [6.07, 6.45) is 9.07. The van der Waals surface area contributed by atoms with Crippen molar-refractivity contribution in [2.24, 2.45) is 4.99 Å². The van der Waals surface area contributed by atoms with E-state index in [0.29, 0.717) is 5.69 Å². The van der Waals surface area contributed by atoms with Gasteiger partial charge in [-0.25, -0.2) is 24.9 Å². The number of aryl methyl sites for hydroxylation is 9. The lowest BCUT2D eigenvalue weighted by atomic mass is 10.1. The number of nitrogens with two attached hydrogens (primary N) is 1. The minimum absolute atomic E-state index is 0.262. The number of nitrogens with one attached hydrogen (secondary N) is 2. The highest BCUT2D eigenvalue weighted by molar-refractivity contribution is 9.10. The van der Waals surface area contributed by atoms with Crippen molar-refractivity contribution in [1.29, 1.82) is 0 Å². The molecular weight excluding hydrogens is 1550 g/mol. The van der Waals surface area contributed by atoms with Crippen LogP contribution in [-0.4, -0.2) is 63.9 Å². The minimum atomic E-state index is 0.262. The Morgan fingerprint density at radius 1 is 0.377 bits per heavy atom. The highest BCUT2D eigenvalue weighted by atomic mass is 79.9. The summed E-state index contributed by atoms with van der Waals surface area (Å²) in [5, 5.41) is 15.0. The number of para-hydroxylation sites is 2. The number of nitrogens with zero attached hydrogens (tertiary/aromatic N) is 9. The van der Waals surface area contributed by atoms with E-state index in [1.165, 1.54) is 50.1 Å². The van der Waals surface area contributed by atoms with Crippen molar-refractivity contribution in [1.82, 2.24) is 38.2 Å². The fraction of sp³-hybridized carbons (Fsp3) is 0.116. The van der Waals surface area contributed by atoms with Crippen molar-refractivity contribution < 1.29 is 29.0 Å². The molecular formula is C95H87Br2N12O5+. The zero-order chi connectivity index (χ0) is 80.1. The van der Waals surface area contributed by atoms with Gasteiger partial charge in [0, 0.05) is 45.0 Å². The molecule has 5 heterocycles. The maximum absolute atomic E-state index is 9.55. The zero-order valence-electron chi connectivity index (χ0n) is 65.3. The van der Waals surface area contributed by atoms with Gasteiger partial charge in [0.2, 0.25) is 5.36 Å². The minimum Gasteiger partial charge on any atom is -0.508 e. The zero-order valence-corrected chi connectivity index (χ0v) is 68.5. The molecule has 1 aliphatic heterocycles. The number of hydrogen-bond acceptors (Lipinski definition) is 12. The molecule has 5 N–H and O–H groups in total. The maximum Gasteiger partial charge on any atom is 0.285 e. The predicted octanol–water partition coefficient (Wildman–Crippen LogP) is 21.2. The first kappa shape index (κ1) is 78.8. The van der Waals surface area contributed by atoms with Gasteiger partial charge >= 0.3 is 0 Å². The van der Waals surface area contributed by atoms with E-state index in [0.717, 1.165) is 138 Å². The third-order valence-corrected chi connectivity index (χ3v) is 20.5. The molecule has 0 saturated carbocycles. The summed E-state index contributed by atoms with van der Waals surface area (Å²) >= 11 is 6.79. The Morgan fingerprint density at radius 2 is 0.737 bits per heavy atom. The van der Waals surface area contributed by atoms with E-state index in [1.807, 2.05) is 206 Å². The van der Waals surface area contributed by atoms with Crippen LogP contribution in [0.2, 0.25) is 0 Å². The number of aromatic hydroxyl groups is 1. The molecule has 17 aromatic rings. The number of hydrogen-bond donors (Lipinski definition) is 4. The number of halogens is 2. The molecule has 0 spiro atoms. The van der Waals surface area contributed by atoms with Gasteiger partial charge in [-0.3, -0.25) is 18.3 Å². The van der Waals surface area contributed by atoms with E-state index in [2.05, 4.69) is 209 Å². The van der Waals surface area contributed by atoms with Crippen molar-refractivity contribution >= 4 is 112 Å². The molecule has 570 valence electrons. The van der Waals surface area contributed by atoms with E-state index in [4.69, 9.17) is 24.7 Å². The van der Waals surface area contributed by atoms with Crippen LogP contribution in [0.1, 0.15) is 50.1 Å². The molecule has 0 saturated heterocycles. The molecule has 18 rings (SSSR count). The number of imidazole rings is 4. The van der Waals surface area contributed by atoms with Crippen molar-refractivity contribution in [3.05, 3.63) is 350 Å². The summed E-state index contributed by atoms with van der Waals surface area (Å²) in [7, 11) is 3.33. The van der Waals surface area contributed by atoms with Crippen molar-refractivity contribution in [2.45, 2.75) is 62.3 Å². The molecule has 1 aliphatic rings. The van der Waals surface area contributed by atoms with Gasteiger partial charge in [-0.1, -0.05) is 93.0 Å². The Labute approximate surface area is 679 Å². The molecule has 0 aliphatic carbocycles. The summed E-state index contributed by atoms with van der Waals surface area (Å²) in [6.45, 7) is 22.8. The summed E-state index contributed by atoms with van der Waals surface area (Å²) in [5.41, 5.74) is 33.1. The van der Waals surface area contributed by atoms with Crippen LogP contribution in [0.4, 0.5) is 22.7 Å². The average Bonchev–Trinajstić information content (AvgIpc) is 1.65. The van der Waals surface area contributed by atoms with Gasteiger partial charge in [-0.05, 0) is 292 Å². The SMILES string of the molecule is C=c1cc2c(cc1C)=NC=[NH+]2.COc1cccc(-n2cnc3cc(C)c(C)cc32)c1.COc1cccc(Br)c1.Cc1cc2ncn(-c3cccc(O)c3)c2cc1C.Cc1cc2ncn(-c3cccc(Oc4cccc(Br)c4)c3)c2cc1C.Cc1cc2ncn(-c3cccc(Oc4cccc(Nc5ccccc5N)c4)c3)c2cc1C. The largest absolute Gasteiger partial charge is 0.508 e. The number of fused-ring (bicyclic) bond motifs is 5. The van der Waals surface area contributed by atoms with E-state index in [1.54, 1.807) is 39.0 Å². The van der Waals surface area contributed by atoms with Gasteiger partial charge in [0.15, 0.2) is 5.69 Å². The quantitative estimate of drug-likeness (QED) is 0.0851. The molecule has 19 heteroatoms. The summed E-state index contributed by atoms with van der Waals surface area (Å²) in [4.78, 5) is 25.2. The molecule has 0 unspecified atom stereocenters. The van der Waals surface area contributed by atoms with Crippen LogP contribution in [0.15, 0.2) is 294 Å². The van der Waals surface area contributed by atoms with E-state index in [-0.39, 0.29) is 5.75 Å². The standard InChI is InChI=1S/C27H24N4O.C21H17BrN2O.C16H16N2O.C15H14N2O.C9H8N2.C7H7BrO/c1-18-13-26-27(14-19(18)2)31(17-29-26)21-8-6-10-23(16-21)32-22-9-5-7-20(15-22)30-25-12-4-3-11-24(25)28;1-14-9-20-21(10-15(14)2)24(13-23-20)17-6-4-8-19(12-17)25-18-7-3-5-16(22)11-18;1-11-7-15-16(8-12(11)2)18(10-17-15)13-5-4-6-14(9-13)19-3;1-10-6-14-15(7-11(10)2)17(9-16-14)12-4-3-5-13(18)8-12;1-6-3-8-9(4-7(6)2)11-5-10-8;1-9-7-4-2-3-6(8)5-7/h3-17,30H,28H2,1-2H3;3-13H,1-2H3;4-10H,1-3H3;3-9,18H,1-2H3;3-5H,1H2,2H3;2-5H,1H3/p+1. The third kappa shape index (κ3) is 19.1. The topological polar surface area (TPSA) is 193 Å². The van der Waals surface area contributed by atoms with E-state index >= 15 is 0 Å². The Morgan fingerprint density at radius 3 is 1.16 bits per heavy atom. The van der Waals surface area contributed by atoms with Gasteiger partial charge in [-0.2, -0.15) is 0 Å². The number of rotatable bonds is 12. The first-order valence-electron chi connectivity index (χ1n) is 36.9. The number of benzene rings is 13. The van der Waals surface area contributed by atoms with Crippen molar-refractivity contribution in [3.8, 4) is 63.0 Å². The highest BCUT2D eigenvalue weighted by Crippen LogP contribution is 2.34. The van der Waals surface area contributed by atoms with Gasteiger partial charge in [0.1, 0.15) is 65.6 Å². The monoisotopic (exact) mass is 1630 g/mol. The second kappa shape index (κ2) is 35.8. The molecule has 0 atom stereocenters. The second-order valence-corrected chi connectivity index (χ2v) is 29.5. The number of nitrogen functional groups attached to an aromatic ring is 1. The summed E-state index contributed by atoms with van der Waals surface area (Å²) in [5.74, 6) is 5.08. The van der Waals surface area contributed by atoms with Crippen LogP contribution in [0.3, 0.4) is 0 Å². The Hall–Kier alpha value is -13.4. The van der Waals surface area contributed by atoms with Crippen LogP contribution >= 0.6 is 31.9 Å². The normalized spacial score (nSPS) is 11.0. The van der Waals surface area contributed by atoms with Crippen molar-refractivity contribution in [2.75, 3.05) is 25.3 Å². The Balaban J connectivity index is 0.000000125. The lowest BCUT2D eigenvalue weighted by molar-refractivity contribution is -0.345. The number of ether oxygens (including phenoxy) is 4. The summed E-state index contributed by atoms with van der Waals surface area (Å²) in [6, 6.07) is 83.5. The fourth-order valence-electron chi connectivity index (χ4n) is 12.6. The van der Waals surface area contributed by atoms with Crippen LogP contribution in [-0.2, 0) is 0 Å². The first-order chi connectivity index (χ1) is 55.1. The van der Waals surface area contributed by atoms with Crippen LogP contribution < -0.4 is 45.6 Å². The molecule has 13 aromatic carbocycles. The van der Waals surface area contributed by atoms with Gasteiger partial charge in [-0.15, -0.1) is 0 Å². The average molecular weight is 1640 g/mol. The molecule has 0 amide bonds. The Bertz CT molecular complexity index is 6500. The number of phenolic OH excluding ortho intramolecular Hbond substituents is 1. The van der Waals surface area contributed by atoms with Gasteiger partial charge in [0.25, 0.3) is 6.34 Å². The van der Waals surface area contributed by atoms with Crippen LogP contribution in [0.5, 0.6) is 40.2 Å². The smallest absolute Gasteiger partial charge is 0.285 e. The van der Waals surface area contributed by atoms with Crippen molar-refractivity contribution in [3.63, 3.8) is 0 Å². The number of anilines is 3. The first-order valence-corrected chi connectivity index (χ1v) is 38.5. The summed E-state index contributed by atoms with van der Waals surface area (Å²) < 4.78 is 32.7. The molecule has 0 fully saturated rings. The van der Waals surface area contributed by atoms with Gasteiger partial charge in [0.05, 0.1) is 92.5 Å². The van der Waals surface area contributed by atoms with E-state index < -0.39 is 0 Å². The van der Waals surface area contributed by atoms with E-state index in [9.17, 15) is 5.11 Å². The lowest BCUT2D eigenvalue weighted by Crippen LogP contribution is -2.61. The molecule has 0 bridgehead atoms. The number of methoxy groups -OCH3 is 2. The maximum atomic E-state index is 9.55. The second-order valence-electron chi connectivity index (χ2n) is 27.6. The highest BCUT2D eigenvalue weighted by Gasteiger charge is 2.15. The third-order valence-electron chi connectivity index (χ3n) is 19.5. The van der Waals surface area contributed by atoms with Gasteiger partial charge < -0.3 is 35.1 Å².